The minimum Gasteiger partial charge on any atom is -0.383 e. The van der Waals surface area contributed by atoms with Gasteiger partial charge in [-0.05, 0) is 64.7 Å². The number of ether oxygens (including phenoxy) is 1. The summed E-state index contributed by atoms with van der Waals surface area (Å²) in [6.45, 7) is 5.78. The van der Waals surface area contributed by atoms with E-state index in [1.807, 2.05) is 0 Å². The van der Waals surface area contributed by atoms with Gasteiger partial charge in [-0.25, -0.2) is 0 Å². The van der Waals surface area contributed by atoms with E-state index in [1.165, 1.54) is 45.3 Å². The molecular formula is C14H27N2O. The summed E-state index contributed by atoms with van der Waals surface area (Å²) in [7, 11) is 4.05. The molecule has 1 unspecified atom stereocenters. The highest BCUT2D eigenvalue weighted by Crippen LogP contribution is 2.29. The molecule has 2 heterocycles. The minimum atomic E-state index is 0.785. The van der Waals surface area contributed by atoms with Gasteiger partial charge >= 0.3 is 0 Å². The number of hydrogen-bond donors (Lipinski definition) is 0. The Labute approximate surface area is 106 Å². The quantitative estimate of drug-likeness (QED) is 0.742. The summed E-state index contributed by atoms with van der Waals surface area (Å²) < 4.78 is 5.24. The summed E-state index contributed by atoms with van der Waals surface area (Å²) in [5, 5.41) is 0. The van der Waals surface area contributed by atoms with Crippen molar-refractivity contribution in [1.29, 1.82) is 0 Å². The lowest BCUT2D eigenvalue weighted by molar-refractivity contribution is 0.0569. The van der Waals surface area contributed by atoms with E-state index in [4.69, 9.17) is 4.74 Å². The zero-order chi connectivity index (χ0) is 12.1. The molecule has 0 amide bonds. The molecule has 0 bridgehead atoms. The third kappa shape index (κ3) is 3.67. The number of piperidine rings is 2. The fourth-order valence-corrected chi connectivity index (χ4v) is 3.25. The molecule has 1 radical (unpaired) electrons. The summed E-state index contributed by atoms with van der Waals surface area (Å²) in [6, 6.07) is 0.785. The van der Waals surface area contributed by atoms with Crippen molar-refractivity contribution >= 4 is 0 Å². The van der Waals surface area contributed by atoms with Crippen LogP contribution in [-0.4, -0.2) is 62.8 Å². The van der Waals surface area contributed by atoms with E-state index in [1.54, 1.807) is 7.11 Å². The van der Waals surface area contributed by atoms with Gasteiger partial charge < -0.3 is 9.64 Å². The topological polar surface area (TPSA) is 15.7 Å². The summed E-state index contributed by atoms with van der Waals surface area (Å²) in [5.74, 6) is 0.902. The molecule has 2 saturated heterocycles. The Hall–Kier alpha value is -0.120. The predicted molar refractivity (Wildman–Crippen MR) is 71.0 cm³/mol. The van der Waals surface area contributed by atoms with Gasteiger partial charge in [-0.1, -0.05) is 0 Å². The van der Waals surface area contributed by atoms with E-state index in [0.717, 1.165) is 25.1 Å². The maximum Gasteiger partial charge on any atom is 0.0589 e. The predicted octanol–water partition coefficient (Wildman–Crippen LogP) is 1.64. The van der Waals surface area contributed by atoms with Crippen molar-refractivity contribution in [3.8, 4) is 0 Å². The van der Waals surface area contributed by atoms with Crippen molar-refractivity contribution in [2.45, 2.75) is 31.7 Å². The van der Waals surface area contributed by atoms with Crippen LogP contribution in [0.4, 0.5) is 0 Å². The second-order valence-corrected chi connectivity index (χ2v) is 5.55. The van der Waals surface area contributed by atoms with Crippen LogP contribution in [-0.2, 0) is 4.74 Å². The molecule has 2 rings (SSSR count). The van der Waals surface area contributed by atoms with Crippen molar-refractivity contribution < 1.29 is 4.74 Å². The molecular weight excluding hydrogens is 212 g/mol. The first-order valence-electron chi connectivity index (χ1n) is 7.04. The highest BCUT2D eigenvalue weighted by molar-refractivity contribution is 4.91. The van der Waals surface area contributed by atoms with Crippen molar-refractivity contribution in [3.63, 3.8) is 0 Å². The van der Waals surface area contributed by atoms with Crippen LogP contribution < -0.4 is 0 Å². The van der Waals surface area contributed by atoms with Gasteiger partial charge in [0.25, 0.3) is 0 Å². The molecule has 17 heavy (non-hydrogen) atoms. The molecule has 0 aromatic heterocycles. The molecule has 2 aliphatic heterocycles. The second kappa shape index (κ2) is 6.72. The van der Waals surface area contributed by atoms with Crippen molar-refractivity contribution in [2.24, 2.45) is 5.92 Å². The molecule has 2 aliphatic rings. The maximum absolute atomic E-state index is 5.24. The SMILES string of the molecule is COCCN1CC[CH]CC1C1CCN(C)CC1. The van der Waals surface area contributed by atoms with Crippen LogP contribution in [0.2, 0.25) is 0 Å². The first-order chi connectivity index (χ1) is 8.31. The molecule has 0 spiro atoms. The Morgan fingerprint density at radius 1 is 1.24 bits per heavy atom. The molecule has 0 aromatic carbocycles. The van der Waals surface area contributed by atoms with Crippen molar-refractivity contribution in [3.05, 3.63) is 6.42 Å². The standard InChI is InChI=1S/C14H27N2O/c1-15-9-6-13(7-10-15)14-5-3-4-8-16(14)11-12-17-2/h3,13-14H,4-12H2,1-2H3. The lowest BCUT2D eigenvalue weighted by atomic mass is 9.84. The molecule has 0 aliphatic carbocycles. The summed E-state index contributed by atoms with van der Waals surface area (Å²) >= 11 is 0. The summed E-state index contributed by atoms with van der Waals surface area (Å²) in [6.07, 6.45) is 7.79. The van der Waals surface area contributed by atoms with Crippen LogP contribution >= 0.6 is 0 Å². The van der Waals surface area contributed by atoms with Crippen molar-refractivity contribution in [1.82, 2.24) is 9.80 Å². The summed E-state index contributed by atoms with van der Waals surface area (Å²) in [5.41, 5.74) is 0. The summed E-state index contributed by atoms with van der Waals surface area (Å²) in [4.78, 5) is 5.13. The first kappa shape index (κ1) is 13.3. The molecule has 3 heteroatoms. The molecule has 1 atom stereocenters. The van der Waals surface area contributed by atoms with Crippen LogP contribution in [0, 0.1) is 12.3 Å². The van der Waals surface area contributed by atoms with Crippen LogP contribution in [0.5, 0.6) is 0 Å². The fourth-order valence-electron chi connectivity index (χ4n) is 3.25. The maximum atomic E-state index is 5.24. The minimum absolute atomic E-state index is 0.785. The molecule has 3 nitrogen and oxygen atoms in total. The lowest BCUT2D eigenvalue weighted by Gasteiger charge is -2.43. The average Bonchev–Trinajstić information content (AvgIpc) is 2.38. The molecule has 0 N–H and O–H groups in total. The third-order valence-corrected chi connectivity index (χ3v) is 4.39. The van der Waals surface area contributed by atoms with Gasteiger partial charge in [-0.2, -0.15) is 0 Å². The fraction of sp³-hybridized carbons (Fsp3) is 0.929. The number of hydrogen-bond acceptors (Lipinski definition) is 3. The molecule has 0 aromatic rings. The van der Waals surface area contributed by atoms with Gasteiger partial charge in [0.1, 0.15) is 0 Å². The van der Waals surface area contributed by atoms with E-state index >= 15 is 0 Å². The Balaban J connectivity index is 1.86. The molecule has 99 valence electrons. The number of likely N-dealkylation sites (tertiary alicyclic amines) is 2. The number of methoxy groups -OCH3 is 1. The van der Waals surface area contributed by atoms with Gasteiger partial charge in [0.05, 0.1) is 6.61 Å². The third-order valence-electron chi connectivity index (χ3n) is 4.39. The highest BCUT2D eigenvalue weighted by Gasteiger charge is 2.31. The zero-order valence-corrected chi connectivity index (χ0v) is 11.4. The van der Waals surface area contributed by atoms with E-state index in [0.29, 0.717) is 0 Å². The Kier molecular flexibility index (Phi) is 5.26. The Morgan fingerprint density at radius 2 is 2.00 bits per heavy atom. The Bertz CT molecular complexity index is 210. The molecule has 0 saturated carbocycles. The van der Waals surface area contributed by atoms with E-state index in [9.17, 15) is 0 Å². The number of nitrogens with zero attached hydrogens (tertiary/aromatic N) is 2. The van der Waals surface area contributed by atoms with E-state index < -0.39 is 0 Å². The van der Waals surface area contributed by atoms with Gasteiger partial charge in [-0.15, -0.1) is 0 Å². The molecule has 2 fully saturated rings. The average molecular weight is 239 g/mol. The first-order valence-corrected chi connectivity index (χ1v) is 7.04. The van der Waals surface area contributed by atoms with Crippen molar-refractivity contribution in [2.75, 3.05) is 46.9 Å². The van der Waals surface area contributed by atoms with Crippen LogP contribution in [0.1, 0.15) is 25.7 Å². The van der Waals surface area contributed by atoms with Gasteiger partial charge in [-0.3, -0.25) is 4.90 Å². The lowest BCUT2D eigenvalue weighted by Crippen LogP contribution is -2.48. The number of rotatable bonds is 4. The largest absolute Gasteiger partial charge is 0.383 e. The normalized spacial score (nSPS) is 29.6. The van der Waals surface area contributed by atoms with Crippen LogP contribution in [0.3, 0.4) is 0 Å². The van der Waals surface area contributed by atoms with Crippen LogP contribution in [0.15, 0.2) is 0 Å². The highest BCUT2D eigenvalue weighted by atomic mass is 16.5. The van der Waals surface area contributed by atoms with Gasteiger partial charge in [0.15, 0.2) is 0 Å². The van der Waals surface area contributed by atoms with Crippen LogP contribution in [0.25, 0.3) is 0 Å². The monoisotopic (exact) mass is 239 g/mol. The second-order valence-electron chi connectivity index (χ2n) is 5.55. The van der Waals surface area contributed by atoms with Gasteiger partial charge in [0, 0.05) is 19.7 Å². The van der Waals surface area contributed by atoms with E-state index in [2.05, 4.69) is 23.3 Å². The Morgan fingerprint density at radius 3 is 2.71 bits per heavy atom. The zero-order valence-electron chi connectivity index (χ0n) is 11.4. The van der Waals surface area contributed by atoms with E-state index in [-0.39, 0.29) is 0 Å². The van der Waals surface area contributed by atoms with Gasteiger partial charge in [0.2, 0.25) is 0 Å². The smallest absolute Gasteiger partial charge is 0.0589 e.